The number of benzene rings is 3. The Kier molecular flexibility index (Phi) is 8.96. The molecule has 0 aliphatic carbocycles. The van der Waals surface area contributed by atoms with Gasteiger partial charge >= 0.3 is 5.97 Å². The van der Waals surface area contributed by atoms with E-state index in [0.29, 0.717) is 68.3 Å². The van der Waals surface area contributed by atoms with Gasteiger partial charge in [0, 0.05) is 35.9 Å². The summed E-state index contributed by atoms with van der Waals surface area (Å²) in [5, 5.41) is 13.8. The molecule has 0 bridgehead atoms. The standard InChI is InChI=1S/C27H28BrClN2O5/c1-2-35-25-14-18(13-22(28)26(25)36-17-19-5-3-4-6-23(19)29)16-30-20-7-8-24(21(15-20)27(32)33)31-9-11-34-12-10-31/h3-8,13-15,30H,2,9-12,16-17H2,1H3,(H,32,33). The Morgan fingerprint density at radius 2 is 1.92 bits per heavy atom. The summed E-state index contributed by atoms with van der Waals surface area (Å²) in [4.78, 5) is 14.0. The number of ether oxygens (including phenoxy) is 3. The first-order valence-electron chi connectivity index (χ1n) is 11.7. The van der Waals surface area contributed by atoms with Crippen molar-refractivity contribution in [2.75, 3.05) is 43.1 Å². The number of carboxylic acids is 1. The van der Waals surface area contributed by atoms with Gasteiger partial charge in [-0.2, -0.15) is 0 Å². The minimum absolute atomic E-state index is 0.265. The van der Waals surface area contributed by atoms with Crippen molar-refractivity contribution in [1.82, 2.24) is 0 Å². The lowest BCUT2D eigenvalue weighted by molar-refractivity contribution is 0.0696. The fraction of sp³-hybridized carbons (Fsp3) is 0.296. The smallest absolute Gasteiger partial charge is 0.337 e. The molecular formula is C27H28BrClN2O5. The number of nitrogens with one attached hydrogen (secondary N) is 1. The summed E-state index contributed by atoms with van der Waals surface area (Å²) in [5.74, 6) is 0.259. The number of hydrogen-bond donors (Lipinski definition) is 2. The van der Waals surface area contributed by atoms with Crippen LogP contribution in [0.1, 0.15) is 28.4 Å². The Morgan fingerprint density at radius 3 is 2.64 bits per heavy atom. The van der Waals surface area contributed by atoms with Crippen molar-refractivity contribution in [3.05, 3.63) is 80.8 Å². The number of carbonyl (C=O) groups is 1. The lowest BCUT2D eigenvalue weighted by atomic mass is 10.1. The third-order valence-electron chi connectivity index (χ3n) is 5.77. The topological polar surface area (TPSA) is 80.3 Å². The summed E-state index contributed by atoms with van der Waals surface area (Å²) in [5.41, 5.74) is 3.52. The van der Waals surface area contributed by atoms with Crippen LogP contribution in [0.3, 0.4) is 0 Å². The fourth-order valence-electron chi connectivity index (χ4n) is 3.99. The molecule has 1 aliphatic heterocycles. The van der Waals surface area contributed by atoms with Gasteiger partial charge in [-0.3, -0.25) is 0 Å². The summed E-state index contributed by atoms with van der Waals surface area (Å²) in [6, 6.07) is 16.8. The van der Waals surface area contributed by atoms with Crippen molar-refractivity contribution >= 4 is 44.9 Å². The van der Waals surface area contributed by atoms with Crippen LogP contribution < -0.4 is 19.7 Å². The molecule has 1 heterocycles. The van der Waals surface area contributed by atoms with Crippen molar-refractivity contribution in [3.8, 4) is 11.5 Å². The first-order chi connectivity index (χ1) is 17.5. The largest absolute Gasteiger partial charge is 0.490 e. The molecular weight excluding hydrogens is 548 g/mol. The fourth-order valence-corrected chi connectivity index (χ4v) is 4.79. The zero-order valence-electron chi connectivity index (χ0n) is 19.9. The predicted molar refractivity (Wildman–Crippen MR) is 145 cm³/mol. The minimum Gasteiger partial charge on any atom is -0.490 e. The van der Waals surface area contributed by atoms with Crippen LogP contribution >= 0.6 is 27.5 Å². The Bertz CT molecular complexity index is 1220. The zero-order chi connectivity index (χ0) is 25.5. The Hall–Kier alpha value is -2.94. The monoisotopic (exact) mass is 574 g/mol. The molecule has 0 radical (unpaired) electrons. The van der Waals surface area contributed by atoms with Crippen molar-refractivity contribution in [1.29, 1.82) is 0 Å². The van der Waals surface area contributed by atoms with Gasteiger partial charge in [0.15, 0.2) is 11.5 Å². The van der Waals surface area contributed by atoms with Gasteiger partial charge in [0.1, 0.15) is 6.61 Å². The molecule has 0 aromatic heterocycles. The van der Waals surface area contributed by atoms with Crippen LogP contribution in [0.15, 0.2) is 59.1 Å². The SMILES string of the molecule is CCOc1cc(CNc2ccc(N3CCOCC3)c(C(=O)O)c2)cc(Br)c1OCc1ccccc1Cl. The summed E-state index contributed by atoms with van der Waals surface area (Å²) < 4.78 is 18.1. The van der Waals surface area contributed by atoms with Gasteiger partial charge in [-0.15, -0.1) is 0 Å². The summed E-state index contributed by atoms with van der Waals surface area (Å²) in [6.07, 6.45) is 0. The first-order valence-corrected chi connectivity index (χ1v) is 12.9. The van der Waals surface area contributed by atoms with Crippen LogP contribution in [0.2, 0.25) is 5.02 Å². The average Bonchev–Trinajstić information content (AvgIpc) is 2.88. The van der Waals surface area contributed by atoms with E-state index in [2.05, 4.69) is 21.2 Å². The maximum absolute atomic E-state index is 11.9. The van der Waals surface area contributed by atoms with Gasteiger partial charge in [0.05, 0.1) is 35.5 Å². The lowest BCUT2D eigenvalue weighted by Gasteiger charge is -2.30. The second-order valence-electron chi connectivity index (χ2n) is 8.21. The third kappa shape index (κ3) is 6.43. The van der Waals surface area contributed by atoms with Crippen molar-refractivity contribution < 1.29 is 24.1 Å². The lowest BCUT2D eigenvalue weighted by Crippen LogP contribution is -2.37. The molecule has 3 aromatic carbocycles. The molecule has 7 nitrogen and oxygen atoms in total. The van der Waals surface area contributed by atoms with Gasteiger partial charge in [-0.1, -0.05) is 29.8 Å². The molecule has 2 N–H and O–H groups in total. The van der Waals surface area contributed by atoms with Crippen molar-refractivity contribution in [2.24, 2.45) is 0 Å². The van der Waals surface area contributed by atoms with Crippen LogP contribution in [0.5, 0.6) is 11.5 Å². The molecule has 0 amide bonds. The first kappa shape index (κ1) is 26.1. The Morgan fingerprint density at radius 1 is 1.14 bits per heavy atom. The van der Waals surface area contributed by atoms with E-state index < -0.39 is 5.97 Å². The number of hydrogen-bond acceptors (Lipinski definition) is 6. The van der Waals surface area contributed by atoms with E-state index in [-0.39, 0.29) is 5.56 Å². The van der Waals surface area contributed by atoms with E-state index in [0.717, 1.165) is 21.3 Å². The summed E-state index contributed by atoms with van der Waals surface area (Å²) in [6.45, 7) is 5.71. The molecule has 0 atom stereocenters. The van der Waals surface area contributed by atoms with Crippen molar-refractivity contribution in [2.45, 2.75) is 20.1 Å². The quantitative estimate of drug-likeness (QED) is 0.297. The molecule has 0 saturated carbocycles. The Labute approximate surface area is 224 Å². The highest BCUT2D eigenvalue weighted by molar-refractivity contribution is 9.10. The highest BCUT2D eigenvalue weighted by Gasteiger charge is 2.19. The Balaban J connectivity index is 1.49. The van der Waals surface area contributed by atoms with E-state index >= 15 is 0 Å². The minimum atomic E-state index is -0.957. The molecule has 1 fully saturated rings. The predicted octanol–water partition coefficient (Wildman–Crippen LogP) is 6.23. The second kappa shape index (κ2) is 12.3. The van der Waals surface area contributed by atoms with E-state index in [4.69, 9.17) is 25.8 Å². The maximum Gasteiger partial charge on any atom is 0.337 e. The molecule has 1 saturated heterocycles. The second-order valence-corrected chi connectivity index (χ2v) is 9.47. The van der Waals surface area contributed by atoms with Gasteiger partial charge < -0.3 is 29.5 Å². The van der Waals surface area contributed by atoms with Crippen LogP contribution in [0, 0.1) is 0 Å². The molecule has 0 unspecified atom stereocenters. The van der Waals surface area contributed by atoms with E-state index in [1.54, 1.807) is 6.07 Å². The van der Waals surface area contributed by atoms with Crippen molar-refractivity contribution in [3.63, 3.8) is 0 Å². The maximum atomic E-state index is 11.9. The number of halogens is 2. The molecule has 36 heavy (non-hydrogen) atoms. The normalized spacial score (nSPS) is 13.4. The molecule has 3 aromatic rings. The van der Waals surface area contributed by atoms with E-state index in [9.17, 15) is 9.90 Å². The third-order valence-corrected chi connectivity index (χ3v) is 6.73. The van der Waals surface area contributed by atoms with Gasteiger partial charge in [0.2, 0.25) is 0 Å². The molecule has 190 valence electrons. The summed E-state index contributed by atoms with van der Waals surface area (Å²) in [7, 11) is 0. The highest BCUT2D eigenvalue weighted by Crippen LogP contribution is 2.38. The average molecular weight is 576 g/mol. The molecule has 1 aliphatic rings. The van der Waals surface area contributed by atoms with Gasteiger partial charge in [-0.05, 0) is 64.8 Å². The number of aromatic carboxylic acids is 1. The molecule has 4 rings (SSSR count). The number of carboxylic acid groups (broad SMARTS) is 1. The van der Waals surface area contributed by atoms with Crippen LogP contribution in [-0.4, -0.2) is 44.0 Å². The zero-order valence-corrected chi connectivity index (χ0v) is 22.3. The number of morpholine rings is 1. The number of anilines is 2. The summed E-state index contributed by atoms with van der Waals surface area (Å²) >= 11 is 9.88. The molecule has 0 spiro atoms. The number of rotatable bonds is 10. The van der Waals surface area contributed by atoms with Gasteiger partial charge in [-0.25, -0.2) is 4.79 Å². The molecule has 9 heteroatoms. The van der Waals surface area contributed by atoms with Crippen LogP contribution in [0.25, 0.3) is 0 Å². The van der Waals surface area contributed by atoms with Crippen LogP contribution in [-0.2, 0) is 17.9 Å². The van der Waals surface area contributed by atoms with E-state index in [1.165, 1.54) is 0 Å². The number of nitrogens with zero attached hydrogens (tertiary/aromatic N) is 1. The van der Waals surface area contributed by atoms with E-state index in [1.807, 2.05) is 60.4 Å². The highest BCUT2D eigenvalue weighted by atomic mass is 79.9. The van der Waals surface area contributed by atoms with Gasteiger partial charge in [0.25, 0.3) is 0 Å². The van der Waals surface area contributed by atoms with Crippen LogP contribution in [0.4, 0.5) is 11.4 Å².